The first-order valence-electron chi connectivity index (χ1n) is 10.7. The highest BCUT2D eigenvalue weighted by molar-refractivity contribution is 5.94. The molecule has 0 aliphatic heterocycles. The third-order valence-electron chi connectivity index (χ3n) is 5.39. The molecule has 0 unspecified atom stereocenters. The zero-order chi connectivity index (χ0) is 23.2. The standard InChI is InChI=1S/C26H27N3O4/c1-18-8-11-20(12-9-18)33-15-14-29-22-7-5-4-6-21(22)28-25(29)17-27-26(30)19-10-13-23(31-2)24(16-19)32-3/h4-13,16H,14-15,17H2,1-3H3,(H,27,30). The Morgan fingerprint density at radius 2 is 1.73 bits per heavy atom. The van der Waals surface area contributed by atoms with Gasteiger partial charge in [-0.15, -0.1) is 0 Å². The van der Waals surface area contributed by atoms with Gasteiger partial charge in [-0.3, -0.25) is 4.79 Å². The quantitative estimate of drug-likeness (QED) is 0.414. The molecule has 4 aromatic rings. The van der Waals surface area contributed by atoms with Gasteiger partial charge in [0.25, 0.3) is 5.91 Å². The SMILES string of the molecule is COc1ccc(C(=O)NCc2nc3ccccc3n2CCOc2ccc(C)cc2)cc1OC. The number of para-hydroxylation sites is 2. The first-order valence-corrected chi connectivity index (χ1v) is 10.7. The van der Waals surface area contributed by atoms with Gasteiger partial charge >= 0.3 is 0 Å². The van der Waals surface area contributed by atoms with Crippen LogP contribution in [0.15, 0.2) is 66.7 Å². The Labute approximate surface area is 192 Å². The molecule has 0 atom stereocenters. The van der Waals surface area contributed by atoms with E-state index < -0.39 is 0 Å². The summed E-state index contributed by atoms with van der Waals surface area (Å²) in [5.74, 6) is 2.45. The van der Waals surface area contributed by atoms with E-state index in [1.54, 1.807) is 32.4 Å². The van der Waals surface area contributed by atoms with Crippen molar-refractivity contribution in [2.24, 2.45) is 0 Å². The molecular formula is C26H27N3O4. The van der Waals surface area contributed by atoms with Crippen LogP contribution >= 0.6 is 0 Å². The zero-order valence-electron chi connectivity index (χ0n) is 19.0. The fourth-order valence-electron chi connectivity index (χ4n) is 3.64. The number of aryl methyl sites for hydroxylation is 1. The Hall–Kier alpha value is -4.00. The van der Waals surface area contributed by atoms with Crippen molar-refractivity contribution in [1.82, 2.24) is 14.9 Å². The summed E-state index contributed by atoms with van der Waals surface area (Å²) < 4.78 is 18.5. The molecule has 0 aliphatic rings. The van der Waals surface area contributed by atoms with Gasteiger partial charge in [0.15, 0.2) is 11.5 Å². The predicted molar refractivity (Wildman–Crippen MR) is 127 cm³/mol. The van der Waals surface area contributed by atoms with Crippen molar-refractivity contribution in [3.63, 3.8) is 0 Å². The number of aromatic nitrogens is 2. The Morgan fingerprint density at radius 3 is 2.48 bits per heavy atom. The van der Waals surface area contributed by atoms with Gasteiger partial charge in [-0.2, -0.15) is 0 Å². The smallest absolute Gasteiger partial charge is 0.251 e. The highest BCUT2D eigenvalue weighted by atomic mass is 16.5. The minimum Gasteiger partial charge on any atom is -0.493 e. The monoisotopic (exact) mass is 445 g/mol. The molecule has 0 saturated carbocycles. The van der Waals surface area contributed by atoms with Crippen molar-refractivity contribution in [3.8, 4) is 17.2 Å². The van der Waals surface area contributed by atoms with Gasteiger partial charge in [-0.25, -0.2) is 4.98 Å². The maximum atomic E-state index is 12.8. The average Bonchev–Trinajstić information content (AvgIpc) is 3.20. The number of nitrogens with one attached hydrogen (secondary N) is 1. The van der Waals surface area contributed by atoms with E-state index in [4.69, 9.17) is 19.2 Å². The molecule has 1 heterocycles. The van der Waals surface area contributed by atoms with E-state index in [2.05, 4.69) is 9.88 Å². The number of carbonyl (C=O) groups excluding carboxylic acids is 1. The second kappa shape index (κ2) is 10.1. The lowest BCUT2D eigenvalue weighted by Gasteiger charge is -2.12. The number of imidazole rings is 1. The number of carbonyl (C=O) groups is 1. The van der Waals surface area contributed by atoms with Crippen LogP contribution in [0, 0.1) is 6.92 Å². The number of amides is 1. The zero-order valence-corrected chi connectivity index (χ0v) is 19.0. The van der Waals surface area contributed by atoms with E-state index in [-0.39, 0.29) is 12.5 Å². The van der Waals surface area contributed by atoms with Crippen LogP contribution in [0.5, 0.6) is 17.2 Å². The molecule has 0 fully saturated rings. The van der Waals surface area contributed by atoms with E-state index >= 15 is 0 Å². The number of ether oxygens (including phenoxy) is 3. The van der Waals surface area contributed by atoms with Gasteiger partial charge in [0.1, 0.15) is 18.2 Å². The lowest BCUT2D eigenvalue weighted by Crippen LogP contribution is -2.25. The van der Waals surface area contributed by atoms with E-state index in [1.165, 1.54) is 5.56 Å². The fourth-order valence-corrected chi connectivity index (χ4v) is 3.64. The maximum Gasteiger partial charge on any atom is 0.251 e. The molecule has 7 heteroatoms. The van der Waals surface area contributed by atoms with Crippen LogP contribution in [0.4, 0.5) is 0 Å². The van der Waals surface area contributed by atoms with Gasteiger partial charge in [0.05, 0.1) is 38.3 Å². The Bertz CT molecular complexity index is 1250. The van der Waals surface area contributed by atoms with Crippen LogP contribution in [0.1, 0.15) is 21.7 Å². The van der Waals surface area contributed by atoms with E-state index in [1.807, 2.05) is 55.5 Å². The predicted octanol–water partition coefficient (Wildman–Crippen LogP) is 4.37. The highest BCUT2D eigenvalue weighted by Gasteiger charge is 2.14. The number of hydrogen-bond donors (Lipinski definition) is 1. The van der Waals surface area contributed by atoms with Crippen molar-refractivity contribution >= 4 is 16.9 Å². The number of hydrogen-bond acceptors (Lipinski definition) is 5. The van der Waals surface area contributed by atoms with E-state index in [0.29, 0.717) is 30.2 Å². The van der Waals surface area contributed by atoms with Crippen LogP contribution in [0.25, 0.3) is 11.0 Å². The van der Waals surface area contributed by atoms with Crippen LogP contribution in [-0.2, 0) is 13.1 Å². The third kappa shape index (κ3) is 5.09. The Balaban J connectivity index is 1.48. The minimum absolute atomic E-state index is 0.217. The first kappa shape index (κ1) is 22.2. The van der Waals surface area contributed by atoms with Gasteiger partial charge in [-0.1, -0.05) is 29.8 Å². The molecule has 170 valence electrons. The van der Waals surface area contributed by atoms with Gasteiger partial charge in [-0.05, 0) is 49.4 Å². The lowest BCUT2D eigenvalue weighted by molar-refractivity contribution is 0.0949. The molecule has 0 saturated heterocycles. The normalized spacial score (nSPS) is 10.8. The molecule has 0 bridgehead atoms. The summed E-state index contributed by atoms with van der Waals surface area (Å²) in [6.45, 7) is 3.42. The van der Waals surface area contributed by atoms with Crippen molar-refractivity contribution in [3.05, 3.63) is 83.7 Å². The highest BCUT2D eigenvalue weighted by Crippen LogP contribution is 2.27. The summed E-state index contributed by atoms with van der Waals surface area (Å²) in [5, 5.41) is 2.96. The van der Waals surface area contributed by atoms with Crippen molar-refractivity contribution < 1.29 is 19.0 Å². The van der Waals surface area contributed by atoms with Crippen LogP contribution in [-0.4, -0.2) is 36.3 Å². The van der Waals surface area contributed by atoms with E-state index in [0.717, 1.165) is 22.6 Å². The third-order valence-corrected chi connectivity index (χ3v) is 5.39. The fraction of sp³-hybridized carbons (Fsp3) is 0.231. The van der Waals surface area contributed by atoms with E-state index in [9.17, 15) is 4.79 Å². The molecule has 4 rings (SSSR count). The number of rotatable bonds is 9. The Morgan fingerprint density at radius 1 is 0.970 bits per heavy atom. The summed E-state index contributed by atoms with van der Waals surface area (Å²) in [6, 6.07) is 21.0. The molecule has 0 aliphatic carbocycles. The van der Waals surface area contributed by atoms with Crippen molar-refractivity contribution in [1.29, 1.82) is 0 Å². The number of nitrogens with zero attached hydrogens (tertiary/aromatic N) is 2. The maximum absolute atomic E-state index is 12.8. The summed E-state index contributed by atoms with van der Waals surface area (Å²) in [6.07, 6.45) is 0. The molecule has 1 amide bonds. The van der Waals surface area contributed by atoms with Gasteiger partial charge in [0, 0.05) is 5.56 Å². The summed E-state index contributed by atoms with van der Waals surface area (Å²) in [7, 11) is 3.10. The molecule has 7 nitrogen and oxygen atoms in total. The van der Waals surface area contributed by atoms with Crippen molar-refractivity contribution in [2.75, 3.05) is 20.8 Å². The molecule has 0 spiro atoms. The summed E-state index contributed by atoms with van der Waals surface area (Å²) >= 11 is 0. The number of benzene rings is 3. The molecule has 33 heavy (non-hydrogen) atoms. The first-order chi connectivity index (χ1) is 16.1. The summed E-state index contributed by atoms with van der Waals surface area (Å²) in [5.41, 5.74) is 3.55. The lowest BCUT2D eigenvalue weighted by atomic mass is 10.2. The molecule has 1 N–H and O–H groups in total. The Kier molecular flexibility index (Phi) is 6.78. The molecule has 1 aromatic heterocycles. The number of methoxy groups -OCH3 is 2. The van der Waals surface area contributed by atoms with Crippen LogP contribution in [0.3, 0.4) is 0 Å². The largest absolute Gasteiger partial charge is 0.493 e. The van der Waals surface area contributed by atoms with Crippen molar-refractivity contribution in [2.45, 2.75) is 20.0 Å². The molecule has 3 aromatic carbocycles. The van der Waals surface area contributed by atoms with Crippen LogP contribution < -0.4 is 19.5 Å². The summed E-state index contributed by atoms with van der Waals surface area (Å²) in [4.78, 5) is 17.5. The second-order valence-corrected chi connectivity index (χ2v) is 7.58. The van der Waals surface area contributed by atoms with Crippen LogP contribution in [0.2, 0.25) is 0 Å². The molecular weight excluding hydrogens is 418 g/mol. The topological polar surface area (TPSA) is 74.6 Å². The van der Waals surface area contributed by atoms with Gasteiger partial charge in [0.2, 0.25) is 0 Å². The number of fused-ring (bicyclic) bond motifs is 1. The molecule has 0 radical (unpaired) electrons. The minimum atomic E-state index is -0.217. The van der Waals surface area contributed by atoms with Gasteiger partial charge < -0.3 is 24.1 Å². The average molecular weight is 446 g/mol. The second-order valence-electron chi connectivity index (χ2n) is 7.58.